The van der Waals surface area contributed by atoms with Crippen LogP contribution in [0.2, 0.25) is 5.02 Å². The Bertz CT molecular complexity index is 2020. The third kappa shape index (κ3) is 5.24. The summed E-state index contributed by atoms with van der Waals surface area (Å²) in [6.07, 6.45) is 6.77. The predicted octanol–water partition coefficient (Wildman–Crippen LogP) is 7.91. The lowest BCUT2D eigenvalue weighted by Gasteiger charge is -2.47. The zero-order valence-corrected chi connectivity index (χ0v) is 27.6. The molecule has 3 heterocycles. The monoisotopic (exact) mass is 672 g/mol. The van der Waals surface area contributed by atoms with E-state index in [0.29, 0.717) is 27.6 Å². The van der Waals surface area contributed by atoms with Gasteiger partial charge >= 0.3 is 5.97 Å². The number of halogens is 2. The van der Waals surface area contributed by atoms with Crippen molar-refractivity contribution in [2.45, 2.75) is 37.3 Å². The van der Waals surface area contributed by atoms with Crippen LogP contribution in [0.1, 0.15) is 42.4 Å². The van der Waals surface area contributed by atoms with Crippen molar-refractivity contribution in [1.29, 1.82) is 0 Å². The van der Waals surface area contributed by atoms with E-state index in [-0.39, 0.29) is 35.6 Å². The van der Waals surface area contributed by atoms with Gasteiger partial charge in [0.2, 0.25) is 0 Å². The molecular formula is C39H34ClFN6O2. The van der Waals surface area contributed by atoms with Gasteiger partial charge in [-0.25, -0.2) is 24.0 Å². The number of anilines is 1. The first kappa shape index (κ1) is 31.1. The van der Waals surface area contributed by atoms with Crippen molar-refractivity contribution in [3.8, 4) is 11.5 Å². The number of carbonyl (C=O) groups excluding carboxylic acids is 1. The highest BCUT2D eigenvalue weighted by molar-refractivity contribution is 6.32. The molecule has 3 aliphatic carbocycles. The zero-order chi connectivity index (χ0) is 33.5. The molecule has 1 N–H and O–H groups in total. The third-order valence-electron chi connectivity index (χ3n) is 10.3. The molecule has 9 rings (SSSR count). The molecule has 3 aliphatic rings. The molecule has 3 fully saturated rings. The number of aromatic nitrogens is 5. The lowest BCUT2D eigenvalue weighted by atomic mass is 9.61. The van der Waals surface area contributed by atoms with Crippen molar-refractivity contribution in [3.05, 3.63) is 137 Å². The molecule has 0 saturated heterocycles. The summed E-state index contributed by atoms with van der Waals surface area (Å²) in [5.41, 5.74) is 2.62. The molecule has 3 aromatic heterocycles. The van der Waals surface area contributed by atoms with Gasteiger partial charge in [-0.1, -0.05) is 103 Å². The van der Waals surface area contributed by atoms with Crippen molar-refractivity contribution in [2.75, 3.05) is 12.4 Å². The molecule has 3 saturated carbocycles. The molecule has 49 heavy (non-hydrogen) atoms. The van der Waals surface area contributed by atoms with Crippen molar-refractivity contribution >= 4 is 34.4 Å². The van der Waals surface area contributed by atoms with Crippen LogP contribution in [0.5, 0.6) is 0 Å². The number of methoxy groups -OCH3 is 1. The third-order valence-corrected chi connectivity index (χ3v) is 10.6. The van der Waals surface area contributed by atoms with Gasteiger partial charge in [-0.2, -0.15) is 5.10 Å². The van der Waals surface area contributed by atoms with Gasteiger partial charge in [-0.05, 0) is 60.3 Å². The van der Waals surface area contributed by atoms with E-state index in [0.717, 1.165) is 42.4 Å². The molecule has 6 aromatic rings. The standard InChI is InChI=1S/C39H34ClFN6O2/c1-49-38(48)32-24-17-19-25(20-18-24)33(32)44-35-31(40)23-42-36(45-35)34-30-21-29(41)22-43-37(30)47(46-34)39(26-11-5-2-6-12-26,27-13-7-3-8-14-27)28-15-9-4-10-16-28/h2-16,21-25,32-33H,17-20H2,1H3,(H,42,44,45). The summed E-state index contributed by atoms with van der Waals surface area (Å²) in [4.78, 5) is 27.1. The molecule has 2 bridgehead atoms. The van der Waals surface area contributed by atoms with E-state index in [1.54, 1.807) is 0 Å². The van der Waals surface area contributed by atoms with E-state index < -0.39 is 11.4 Å². The first-order valence-electron chi connectivity index (χ1n) is 16.6. The van der Waals surface area contributed by atoms with Gasteiger partial charge in [0.05, 0.1) is 30.8 Å². The van der Waals surface area contributed by atoms with Crippen LogP contribution in [0, 0.1) is 23.6 Å². The highest BCUT2D eigenvalue weighted by atomic mass is 35.5. The maximum Gasteiger partial charge on any atom is 0.311 e. The minimum absolute atomic E-state index is 0.185. The molecule has 0 aliphatic heterocycles. The van der Waals surface area contributed by atoms with Gasteiger partial charge in [0.15, 0.2) is 11.5 Å². The molecule has 8 nitrogen and oxygen atoms in total. The molecule has 0 amide bonds. The summed E-state index contributed by atoms with van der Waals surface area (Å²) in [5.74, 6) is 0.143. The van der Waals surface area contributed by atoms with Crippen molar-refractivity contribution in [2.24, 2.45) is 17.8 Å². The lowest BCUT2D eigenvalue weighted by molar-refractivity contribution is -0.152. The number of esters is 1. The predicted molar refractivity (Wildman–Crippen MR) is 186 cm³/mol. The van der Waals surface area contributed by atoms with E-state index in [9.17, 15) is 4.79 Å². The van der Waals surface area contributed by atoms with Gasteiger partial charge < -0.3 is 10.1 Å². The molecule has 10 heteroatoms. The summed E-state index contributed by atoms with van der Waals surface area (Å²) in [5, 5.41) is 9.52. The Morgan fingerprint density at radius 2 is 1.43 bits per heavy atom. The number of rotatable bonds is 8. The molecule has 2 atom stereocenters. The smallest absolute Gasteiger partial charge is 0.311 e. The van der Waals surface area contributed by atoms with Crippen molar-refractivity contribution in [3.63, 3.8) is 0 Å². The first-order valence-corrected chi connectivity index (χ1v) is 17.0. The highest BCUT2D eigenvalue weighted by Crippen LogP contribution is 2.47. The fourth-order valence-corrected chi connectivity index (χ4v) is 8.30. The lowest BCUT2D eigenvalue weighted by Crippen LogP contribution is -2.51. The van der Waals surface area contributed by atoms with Crippen molar-refractivity contribution in [1.82, 2.24) is 24.7 Å². The second kappa shape index (κ2) is 12.7. The Morgan fingerprint density at radius 1 is 0.857 bits per heavy atom. The zero-order valence-electron chi connectivity index (χ0n) is 26.8. The molecule has 2 unspecified atom stereocenters. The number of nitrogens with zero attached hydrogens (tertiary/aromatic N) is 5. The van der Waals surface area contributed by atoms with E-state index in [2.05, 4.69) is 51.7 Å². The van der Waals surface area contributed by atoms with E-state index in [1.165, 1.54) is 25.6 Å². The summed E-state index contributed by atoms with van der Waals surface area (Å²) >= 11 is 6.73. The number of benzene rings is 3. The number of hydrogen-bond acceptors (Lipinski definition) is 7. The van der Waals surface area contributed by atoms with E-state index in [1.807, 2.05) is 59.3 Å². The Morgan fingerprint density at radius 3 is 2.00 bits per heavy atom. The Hall–Kier alpha value is -5.15. The van der Waals surface area contributed by atoms with Crippen LogP contribution in [0.25, 0.3) is 22.6 Å². The summed E-state index contributed by atoms with van der Waals surface area (Å²) in [7, 11) is 1.44. The number of hydrogen-bond donors (Lipinski definition) is 1. The average molecular weight is 673 g/mol. The highest BCUT2D eigenvalue weighted by Gasteiger charge is 2.48. The Labute approximate surface area is 288 Å². The van der Waals surface area contributed by atoms with Crippen LogP contribution < -0.4 is 5.32 Å². The van der Waals surface area contributed by atoms with Gasteiger partial charge in [-0.3, -0.25) is 4.79 Å². The maximum atomic E-state index is 15.1. The summed E-state index contributed by atoms with van der Waals surface area (Å²) in [6, 6.07) is 31.5. The van der Waals surface area contributed by atoms with Crippen LogP contribution in [-0.2, 0) is 15.1 Å². The number of ether oxygens (including phenoxy) is 1. The number of carbonyl (C=O) groups is 1. The summed E-state index contributed by atoms with van der Waals surface area (Å²) in [6.45, 7) is 0. The second-order valence-corrected chi connectivity index (χ2v) is 13.3. The quantitative estimate of drug-likeness (QED) is 0.130. The van der Waals surface area contributed by atoms with Crippen LogP contribution in [0.3, 0.4) is 0 Å². The van der Waals surface area contributed by atoms with Gasteiger partial charge in [0.1, 0.15) is 27.9 Å². The topological polar surface area (TPSA) is 94.8 Å². The van der Waals surface area contributed by atoms with Gasteiger partial charge in [0.25, 0.3) is 0 Å². The minimum Gasteiger partial charge on any atom is -0.469 e. The van der Waals surface area contributed by atoms with Crippen LogP contribution in [0.4, 0.5) is 10.2 Å². The number of pyridine rings is 1. The molecule has 0 radical (unpaired) electrons. The first-order chi connectivity index (χ1) is 24.0. The fourth-order valence-electron chi connectivity index (χ4n) is 8.15. The van der Waals surface area contributed by atoms with Crippen LogP contribution >= 0.6 is 11.6 Å². The normalized spacial score (nSPS) is 20.3. The molecule has 0 spiro atoms. The molecule has 246 valence electrons. The number of fused-ring (bicyclic) bond motifs is 4. The maximum absolute atomic E-state index is 15.1. The molecule has 3 aromatic carbocycles. The largest absolute Gasteiger partial charge is 0.469 e. The fraction of sp³-hybridized carbons (Fsp3) is 0.256. The van der Waals surface area contributed by atoms with Gasteiger partial charge in [-0.15, -0.1) is 0 Å². The van der Waals surface area contributed by atoms with Gasteiger partial charge in [0, 0.05) is 6.04 Å². The average Bonchev–Trinajstić information content (AvgIpc) is 3.53. The number of nitrogens with one attached hydrogen (secondary N) is 1. The SMILES string of the molecule is COC(=O)C1C2CCC(CC2)C1Nc1nc(-c2nn(C(c3ccccc3)(c3ccccc3)c3ccccc3)c3ncc(F)cc23)ncc1Cl. The Balaban J connectivity index is 1.33. The Kier molecular flexibility index (Phi) is 8.08. The van der Waals surface area contributed by atoms with Crippen LogP contribution in [-0.4, -0.2) is 43.9 Å². The molecular weight excluding hydrogens is 639 g/mol. The van der Waals surface area contributed by atoms with Crippen molar-refractivity contribution < 1.29 is 13.9 Å². The minimum atomic E-state index is -1.01. The van der Waals surface area contributed by atoms with E-state index in [4.69, 9.17) is 26.4 Å². The van der Waals surface area contributed by atoms with Crippen LogP contribution in [0.15, 0.2) is 109 Å². The summed E-state index contributed by atoms with van der Waals surface area (Å²) < 4.78 is 22.2. The van der Waals surface area contributed by atoms with E-state index >= 15 is 4.39 Å². The second-order valence-electron chi connectivity index (χ2n) is 12.9.